The number of aromatic amines is 1. The number of hydrogen-bond acceptors (Lipinski definition) is 2. The van der Waals surface area contributed by atoms with Crippen molar-refractivity contribution in [2.24, 2.45) is 0 Å². The van der Waals surface area contributed by atoms with Gasteiger partial charge in [0, 0.05) is 20.0 Å². The Bertz CT molecular complexity index is 638. The van der Waals surface area contributed by atoms with Crippen molar-refractivity contribution in [3.63, 3.8) is 0 Å². The van der Waals surface area contributed by atoms with E-state index in [0.717, 1.165) is 16.7 Å². The number of H-pyrrole nitrogens is 1. The minimum absolute atomic E-state index is 0.0376. The molecule has 0 fully saturated rings. The number of para-hydroxylation sites is 1. The van der Waals surface area contributed by atoms with Gasteiger partial charge in [0.15, 0.2) is 0 Å². The number of imidazole rings is 1. The maximum absolute atomic E-state index is 11.7. The number of hydrogen-bond donors (Lipinski definition) is 1. The molecule has 0 bridgehead atoms. The maximum atomic E-state index is 11.7. The predicted octanol–water partition coefficient (Wildman–Crippen LogP) is 0.696. The molecule has 2 aromatic rings. The lowest BCUT2D eigenvalue weighted by Gasteiger charge is -2.15. The summed E-state index contributed by atoms with van der Waals surface area (Å²) < 4.78 is 1.63. The second-order valence-electron chi connectivity index (χ2n) is 3.96. The van der Waals surface area contributed by atoms with Gasteiger partial charge in [0.05, 0.1) is 16.7 Å². The van der Waals surface area contributed by atoms with Gasteiger partial charge in [0.1, 0.15) is 0 Å². The van der Waals surface area contributed by atoms with E-state index in [-0.39, 0.29) is 11.6 Å². The van der Waals surface area contributed by atoms with Gasteiger partial charge in [0.25, 0.3) is 0 Å². The lowest BCUT2D eigenvalue weighted by molar-refractivity contribution is -0.118. The summed E-state index contributed by atoms with van der Waals surface area (Å²) >= 11 is 0. The molecule has 82 valence electrons. The molecular weight excluding hydrogens is 206 g/mol. The van der Waals surface area contributed by atoms with Crippen LogP contribution in [0.3, 0.4) is 0 Å². The molecule has 0 spiro atoms. The zero-order chi connectivity index (χ0) is 11.3. The Morgan fingerprint density at radius 1 is 1.31 bits per heavy atom. The number of anilines is 1. The van der Waals surface area contributed by atoms with Crippen LogP contribution in [0, 0.1) is 0 Å². The zero-order valence-electron chi connectivity index (χ0n) is 8.86. The molecule has 1 aliphatic rings. The van der Waals surface area contributed by atoms with Crippen molar-refractivity contribution in [3.8, 4) is 0 Å². The Morgan fingerprint density at radius 3 is 2.94 bits per heavy atom. The second-order valence-corrected chi connectivity index (χ2v) is 3.96. The van der Waals surface area contributed by atoms with E-state index in [4.69, 9.17) is 0 Å². The molecule has 5 nitrogen and oxygen atoms in total. The fourth-order valence-electron chi connectivity index (χ4n) is 2.19. The number of nitrogens with one attached hydrogen (secondary N) is 1. The van der Waals surface area contributed by atoms with Crippen molar-refractivity contribution in [1.29, 1.82) is 0 Å². The number of nitrogens with zero attached hydrogens (tertiary/aromatic N) is 2. The van der Waals surface area contributed by atoms with Gasteiger partial charge < -0.3 is 9.88 Å². The minimum atomic E-state index is -0.148. The van der Waals surface area contributed by atoms with E-state index in [2.05, 4.69) is 4.98 Å². The first-order valence-corrected chi connectivity index (χ1v) is 5.16. The molecule has 0 atom stereocenters. The highest BCUT2D eigenvalue weighted by molar-refractivity contribution is 6.02. The molecule has 0 saturated carbocycles. The maximum Gasteiger partial charge on any atom is 0.326 e. The van der Waals surface area contributed by atoms with E-state index in [1.54, 1.807) is 16.5 Å². The number of carbonyl (C=O) groups is 1. The topological polar surface area (TPSA) is 58.1 Å². The fourth-order valence-corrected chi connectivity index (χ4v) is 2.19. The van der Waals surface area contributed by atoms with Crippen molar-refractivity contribution in [1.82, 2.24) is 9.55 Å². The summed E-state index contributed by atoms with van der Waals surface area (Å²) in [7, 11) is 1.74. The lowest BCUT2D eigenvalue weighted by atomic mass is 10.2. The number of aryl methyl sites for hydroxylation is 1. The Hall–Kier alpha value is -2.04. The molecule has 1 aromatic heterocycles. The average Bonchev–Trinajstić information content (AvgIpc) is 2.53. The van der Waals surface area contributed by atoms with Crippen LogP contribution in [0.2, 0.25) is 0 Å². The highest BCUT2D eigenvalue weighted by Crippen LogP contribution is 2.27. The quantitative estimate of drug-likeness (QED) is 0.706. The van der Waals surface area contributed by atoms with E-state index in [9.17, 15) is 9.59 Å². The summed E-state index contributed by atoms with van der Waals surface area (Å²) in [5.41, 5.74) is 2.24. The first-order chi connectivity index (χ1) is 7.68. The van der Waals surface area contributed by atoms with Gasteiger partial charge in [-0.15, -0.1) is 0 Å². The molecule has 2 heterocycles. The number of benzene rings is 1. The third-order valence-electron chi connectivity index (χ3n) is 3.06. The molecule has 1 aliphatic heterocycles. The van der Waals surface area contributed by atoms with E-state index >= 15 is 0 Å². The van der Waals surface area contributed by atoms with Gasteiger partial charge in [-0.25, -0.2) is 4.79 Å². The molecule has 1 amide bonds. The van der Waals surface area contributed by atoms with Crippen LogP contribution in [-0.2, 0) is 11.3 Å². The van der Waals surface area contributed by atoms with Crippen molar-refractivity contribution < 1.29 is 4.79 Å². The molecule has 0 saturated heterocycles. The van der Waals surface area contributed by atoms with Crippen LogP contribution in [0.25, 0.3) is 11.0 Å². The second kappa shape index (κ2) is 2.98. The summed E-state index contributed by atoms with van der Waals surface area (Å²) in [6.07, 6.45) is 0.359. The largest absolute Gasteiger partial charge is 0.326 e. The van der Waals surface area contributed by atoms with Crippen LogP contribution < -0.4 is 10.6 Å². The molecule has 5 heteroatoms. The van der Waals surface area contributed by atoms with Crippen LogP contribution >= 0.6 is 0 Å². The molecule has 0 aliphatic carbocycles. The monoisotopic (exact) mass is 217 g/mol. The number of amides is 1. The van der Waals surface area contributed by atoms with Gasteiger partial charge in [-0.3, -0.25) is 9.36 Å². The number of aromatic nitrogens is 2. The van der Waals surface area contributed by atoms with Crippen LogP contribution in [0.5, 0.6) is 0 Å². The van der Waals surface area contributed by atoms with E-state index < -0.39 is 0 Å². The molecule has 1 aromatic carbocycles. The summed E-state index contributed by atoms with van der Waals surface area (Å²) in [6, 6.07) is 5.54. The smallest absolute Gasteiger partial charge is 0.313 e. The summed E-state index contributed by atoms with van der Waals surface area (Å²) in [5.74, 6) is 0.0376. The average molecular weight is 217 g/mol. The zero-order valence-corrected chi connectivity index (χ0v) is 8.86. The van der Waals surface area contributed by atoms with Gasteiger partial charge in [-0.1, -0.05) is 6.07 Å². The summed E-state index contributed by atoms with van der Waals surface area (Å²) in [6.45, 7) is 0.443. The summed E-state index contributed by atoms with van der Waals surface area (Å²) in [5, 5.41) is 0. The van der Waals surface area contributed by atoms with E-state index in [0.29, 0.717) is 13.0 Å². The van der Waals surface area contributed by atoms with Crippen molar-refractivity contribution in [2.45, 2.75) is 13.0 Å². The van der Waals surface area contributed by atoms with E-state index in [1.807, 2.05) is 18.2 Å². The van der Waals surface area contributed by atoms with Crippen molar-refractivity contribution >= 4 is 22.6 Å². The van der Waals surface area contributed by atoms with Gasteiger partial charge in [-0.05, 0) is 12.1 Å². The van der Waals surface area contributed by atoms with Gasteiger partial charge in [-0.2, -0.15) is 0 Å². The van der Waals surface area contributed by atoms with Crippen molar-refractivity contribution in [3.05, 3.63) is 28.7 Å². The Labute approximate surface area is 91.3 Å². The normalized spacial score (nSPS) is 15.6. The predicted molar refractivity (Wildman–Crippen MR) is 60.6 cm³/mol. The van der Waals surface area contributed by atoms with Crippen molar-refractivity contribution in [2.75, 3.05) is 11.9 Å². The van der Waals surface area contributed by atoms with Gasteiger partial charge in [0.2, 0.25) is 5.91 Å². The first-order valence-electron chi connectivity index (χ1n) is 5.16. The molecule has 16 heavy (non-hydrogen) atoms. The highest BCUT2D eigenvalue weighted by atomic mass is 16.2. The molecule has 0 radical (unpaired) electrons. The Kier molecular flexibility index (Phi) is 1.71. The molecule has 1 N–H and O–H groups in total. The number of carbonyl (C=O) groups excluding carboxylic acids is 1. The lowest BCUT2D eigenvalue weighted by Crippen LogP contribution is -2.25. The minimum Gasteiger partial charge on any atom is -0.313 e. The highest BCUT2D eigenvalue weighted by Gasteiger charge is 2.21. The molecular formula is C11H11N3O2. The van der Waals surface area contributed by atoms with Crippen LogP contribution in [0.1, 0.15) is 6.42 Å². The molecule has 0 unspecified atom stereocenters. The summed E-state index contributed by atoms with van der Waals surface area (Å²) in [4.78, 5) is 27.8. The van der Waals surface area contributed by atoms with Crippen LogP contribution in [0.4, 0.5) is 5.69 Å². The first kappa shape index (κ1) is 9.21. The Morgan fingerprint density at radius 2 is 2.12 bits per heavy atom. The fraction of sp³-hybridized carbons (Fsp3) is 0.273. The standard InChI is InChI=1S/C11H11N3O2/c1-13-8-4-2-3-7-10(8)14(11(16)12-7)6-5-9(13)15/h2-4H,5-6H2,1H3,(H,12,16). The third kappa shape index (κ3) is 1.05. The van der Waals surface area contributed by atoms with Crippen LogP contribution in [0.15, 0.2) is 23.0 Å². The van der Waals surface area contributed by atoms with E-state index in [1.165, 1.54) is 0 Å². The Balaban J connectivity index is 2.46. The van der Waals surface area contributed by atoms with Gasteiger partial charge >= 0.3 is 5.69 Å². The number of rotatable bonds is 0. The van der Waals surface area contributed by atoms with Crippen LogP contribution in [-0.4, -0.2) is 22.5 Å². The molecule has 3 rings (SSSR count). The third-order valence-corrected chi connectivity index (χ3v) is 3.06. The SMILES string of the molecule is CN1C(=O)CCn2c(=O)[nH]c3cccc1c32.